The van der Waals surface area contributed by atoms with E-state index in [-0.39, 0.29) is 0 Å². The van der Waals surface area contributed by atoms with Crippen molar-refractivity contribution < 1.29 is 0 Å². The van der Waals surface area contributed by atoms with Gasteiger partial charge in [-0.2, -0.15) is 9.78 Å². The number of thioether (sulfide) groups is 1. The molecule has 0 aliphatic rings. The third-order valence-corrected chi connectivity index (χ3v) is 4.12. The normalized spacial score (nSPS) is 11.1. The van der Waals surface area contributed by atoms with Crippen LogP contribution < -0.4 is 0 Å². The van der Waals surface area contributed by atoms with Crippen molar-refractivity contribution in [1.29, 1.82) is 0 Å². The van der Waals surface area contributed by atoms with E-state index in [1.165, 1.54) is 11.1 Å². The zero-order valence-electron chi connectivity index (χ0n) is 12.3. The molecule has 1 heterocycles. The van der Waals surface area contributed by atoms with Crippen LogP contribution in [0.2, 0.25) is 0 Å². The first-order chi connectivity index (χ1) is 10.8. The van der Waals surface area contributed by atoms with E-state index in [0.717, 1.165) is 16.5 Å². The maximum Gasteiger partial charge on any atom is 0.212 e. The van der Waals surface area contributed by atoms with E-state index in [1.54, 1.807) is 22.8 Å². The molecule has 5 heteroatoms. The Morgan fingerprint density at radius 2 is 1.86 bits per heavy atom. The van der Waals surface area contributed by atoms with Crippen LogP contribution in [0.5, 0.6) is 0 Å². The minimum Gasteiger partial charge on any atom is -0.195 e. The summed E-state index contributed by atoms with van der Waals surface area (Å²) in [4.78, 5) is 0. The lowest BCUT2D eigenvalue weighted by atomic mass is 10.2. The van der Waals surface area contributed by atoms with E-state index in [0.29, 0.717) is 0 Å². The van der Waals surface area contributed by atoms with Crippen LogP contribution >= 0.6 is 11.8 Å². The van der Waals surface area contributed by atoms with Crippen molar-refractivity contribution in [3.63, 3.8) is 0 Å². The van der Waals surface area contributed by atoms with Crippen LogP contribution in [0.3, 0.4) is 0 Å². The van der Waals surface area contributed by atoms with Crippen LogP contribution in [0, 0.1) is 6.92 Å². The minimum absolute atomic E-state index is 0.784. The van der Waals surface area contributed by atoms with Gasteiger partial charge in [-0.3, -0.25) is 0 Å². The Hall–Kier alpha value is -2.40. The Morgan fingerprint density at radius 3 is 2.64 bits per heavy atom. The number of aryl methyl sites for hydroxylation is 1. The molecular weight excluding hydrogens is 292 g/mol. The second-order valence-corrected chi connectivity index (χ2v) is 5.83. The van der Waals surface area contributed by atoms with Gasteiger partial charge in [-0.05, 0) is 18.1 Å². The minimum atomic E-state index is 0.784. The molecule has 1 aromatic heterocycles. The average molecular weight is 308 g/mol. The molecule has 22 heavy (non-hydrogen) atoms. The van der Waals surface area contributed by atoms with E-state index >= 15 is 0 Å². The first-order valence-electron chi connectivity index (χ1n) is 6.99. The zero-order chi connectivity index (χ0) is 15.2. The highest BCUT2D eigenvalue weighted by molar-refractivity contribution is 7.98. The van der Waals surface area contributed by atoms with Crippen molar-refractivity contribution in [2.45, 2.75) is 17.8 Å². The summed E-state index contributed by atoms with van der Waals surface area (Å²) < 4.78 is 1.70. The second-order valence-electron chi connectivity index (χ2n) is 4.89. The number of hydrogen-bond acceptors (Lipinski definition) is 4. The van der Waals surface area contributed by atoms with E-state index in [9.17, 15) is 0 Å². The molecule has 0 spiro atoms. The summed E-state index contributed by atoms with van der Waals surface area (Å²) in [6.45, 7) is 2.07. The highest BCUT2D eigenvalue weighted by Gasteiger charge is 2.04. The van der Waals surface area contributed by atoms with E-state index in [1.807, 2.05) is 36.5 Å². The number of nitrogens with zero attached hydrogens (tertiary/aromatic N) is 4. The molecule has 0 N–H and O–H groups in total. The van der Waals surface area contributed by atoms with Crippen molar-refractivity contribution in [3.8, 4) is 0 Å². The Kier molecular flexibility index (Phi) is 4.65. The summed E-state index contributed by atoms with van der Waals surface area (Å²) in [5.74, 6) is 0.847. The average Bonchev–Trinajstić information content (AvgIpc) is 3.01. The molecule has 0 aliphatic heterocycles. The van der Waals surface area contributed by atoms with Crippen molar-refractivity contribution in [2.75, 3.05) is 0 Å². The molecule has 0 fully saturated rings. The smallest absolute Gasteiger partial charge is 0.195 e. The molecule has 0 amide bonds. The first kappa shape index (κ1) is 14.5. The Morgan fingerprint density at radius 1 is 1.09 bits per heavy atom. The van der Waals surface area contributed by atoms with Crippen LogP contribution in [0.15, 0.2) is 71.2 Å². The maximum atomic E-state index is 4.42. The summed E-state index contributed by atoms with van der Waals surface area (Å²) in [5, 5.41) is 13.3. The molecule has 0 saturated heterocycles. The van der Waals surface area contributed by atoms with Crippen LogP contribution in [0.25, 0.3) is 0 Å². The van der Waals surface area contributed by atoms with Gasteiger partial charge in [0.1, 0.15) is 6.33 Å². The first-order valence-corrected chi connectivity index (χ1v) is 7.97. The van der Waals surface area contributed by atoms with E-state index in [2.05, 4.69) is 46.5 Å². The third-order valence-electron chi connectivity index (χ3n) is 3.12. The molecule has 0 atom stereocenters. The van der Waals surface area contributed by atoms with Crippen molar-refractivity contribution in [2.24, 2.45) is 5.10 Å². The van der Waals surface area contributed by atoms with Gasteiger partial charge in [0.2, 0.25) is 5.16 Å². The number of rotatable bonds is 5. The van der Waals surface area contributed by atoms with Crippen molar-refractivity contribution >= 4 is 18.0 Å². The van der Waals surface area contributed by atoms with Gasteiger partial charge in [0.15, 0.2) is 0 Å². The van der Waals surface area contributed by atoms with Gasteiger partial charge in [-0.15, -0.1) is 10.2 Å². The van der Waals surface area contributed by atoms with E-state index in [4.69, 9.17) is 0 Å². The summed E-state index contributed by atoms with van der Waals surface area (Å²) in [6.07, 6.45) is 3.44. The third kappa shape index (κ3) is 3.83. The molecule has 4 nitrogen and oxygen atoms in total. The van der Waals surface area contributed by atoms with Crippen molar-refractivity contribution in [1.82, 2.24) is 14.9 Å². The summed E-state index contributed by atoms with van der Waals surface area (Å²) in [7, 11) is 0. The summed E-state index contributed by atoms with van der Waals surface area (Å²) in [5.41, 5.74) is 3.54. The molecule has 0 aliphatic carbocycles. The monoisotopic (exact) mass is 308 g/mol. The number of aromatic nitrogens is 3. The summed E-state index contributed by atoms with van der Waals surface area (Å²) in [6, 6.07) is 18.5. The lowest BCUT2D eigenvalue weighted by molar-refractivity contribution is 0.767. The largest absolute Gasteiger partial charge is 0.212 e. The fraction of sp³-hybridized carbons (Fsp3) is 0.118. The topological polar surface area (TPSA) is 43.1 Å². The number of benzene rings is 2. The fourth-order valence-corrected chi connectivity index (χ4v) is 2.72. The lowest BCUT2D eigenvalue weighted by Crippen LogP contribution is -1.92. The highest BCUT2D eigenvalue weighted by Crippen LogP contribution is 2.20. The Bertz CT molecular complexity index is 748. The molecule has 0 radical (unpaired) electrons. The van der Waals surface area contributed by atoms with Crippen LogP contribution in [0.4, 0.5) is 0 Å². The highest BCUT2D eigenvalue weighted by atomic mass is 32.2. The van der Waals surface area contributed by atoms with Crippen molar-refractivity contribution in [3.05, 3.63) is 77.6 Å². The second kappa shape index (κ2) is 7.04. The summed E-state index contributed by atoms with van der Waals surface area (Å²) >= 11 is 1.62. The predicted octanol–water partition coefficient (Wildman–Crippen LogP) is 3.76. The van der Waals surface area contributed by atoms with Gasteiger partial charge in [0.05, 0.1) is 6.21 Å². The lowest BCUT2D eigenvalue weighted by Gasteiger charge is -2.01. The van der Waals surface area contributed by atoms with Gasteiger partial charge < -0.3 is 0 Å². The molecule has 0 bridgehead atoms. The molecule has 3 aromatic rings. The molecular formula is C17H16N4S. The molecule has 110 valence electrons. The zero-order valence-corrected chi connectivity index (χ0v) is 13.1. The van der Waals surface area contributed by atoms with Gasteiger partial charge in [0, 0.05) is 5.75 Å². The molecule has 0 saturated carbocycles. The molecule has 0 unspecified atom stereocenters. The van der Waals surface area contributed by atoms with Crippen LogP contribution in [0.1, 0.15) is 16.7 Å². The standard InChI is InChI=1S/C17H16N4S/c1-14-7-9-15(10-8-14)11-19-21-13-18-20-17(21)22-12-16-5-3-2-4-6-16/h2-11,13H,12H2,1H3/b19-11-. The van der Waals surface area contributed by atoms with Gasteiger partial charge in [-0.25, -0.2) is 0 Å². The van der Waals surface area contributed by atoms with Crippen LogP contribution in [-0.4, -0.2) is 21.1 Å². The fourth-order valence-electron chi connectivity index (χ4n) is 1.90. The molecule has 2 aromatic carbocycles. The number of hydrogen-bond donors (Lipinski definition) is 0. The van der Waals surface area contributed by atoms with Crippen LogP contribution in [-0.2, 0) is 5.75 Å². The van der Waals surface area contributed by atoms with Gasteiger partial charge in [0.25, 0.3) is 0 Å². The SMILES string of the molecule is Cc1ccc(/C=N\n2cnnc2SCc2ccccc2)cc1. The van der Waals surface area contributed by atoms with Gasteiger partial charge in [-0.1, -0.05) is 71.9 Å². The predicted molar refractivity (Wildman–Crippen MR) is 90.2 cm³/mol. The van der Waals surface area contributed by atoms with Gasteiger partial charge >= 0.3 is 0 Å². The van der Waals surface area contributed by atoms with E-state index < -0.39 is 0 Å². The maximum absolute atomic E-state index is 4.42. The quantitative estimate of drug-likeness (QED) is 0.532. The molecule has 3 rings (SSSR count). The Labute approximate surface area is 133 Å². The Balaban J connectivity index is 1.68.